The standard InChI is InChI=1S/C14H21ClN2/c1-10(16)7-12-8-13(15)5-6-14(12)17(2)9-11-3-4-11/h5-6,8,10-11H,3-4,7,9,16H2,1-2H3. The summed E-state index contributed by atoms with van der Waals surface area (Å²) < 4.78 is 0. The van der Waals surface area contributed by atoms with Crippen molar-refractivity contribution in [2.45, 2.75) is 32.2 Å². The lowest BCUT2D eigenvalue weighted by Gasteiger charge is -2.23. The van der Waals surface area contributed by atoms with Gasteiger partial charge in [0.2, 0.25) is 0 Å². The summed E-state index contributed by atoms with van der Waals surface area (Å²) in [4.78, 5) is 2.34. The first kappa shape index (κ1) is 12.7. The molecule has 2 nitrogen and oxygen atoms in total. The van der Waals surface area contributed by atoms with Gasteiger partial charge in [-0.1, -0.05) is 11.6 Å². The Balaban J connectivity index is 2.17. The summed E-state index contributed by atoms with van der Waals surface area (Å²) in [5, 5.41) is 0.796. The quantitative estimate of drug-likeness (QED) is 0.873. The molecule has 0 aromatic heterocycles. The van der Waals surface area contributed by atoms with Crippen LogP contribution < -0.4 is 10.6 Å². The predicted molar refractivity (Wildman–Crippen MR) is 74.8 cm³/mol. The molecule has 0 aliphatic heterocycles. The van der Waals surface area contributed by atoms with Gasteiger partial charge in [0, 0.05) is 30.3 Å². The number of halogens is 1. The van der Waals surface area contributed by atoms with Gasteiger partial charge in [-0.05, 0) is 55.9 Å². The minimum atomic E-state index is 0.168. The molecule has 0 amide bonds. The van der Waals surface area contributed by atoms with Crippen molar-refractivity contribution in [3.63, 3.8) is 0 Å². The molecular weight excluding hydrogens is 232 g/mol. The van der Waals surface area contributed by atoms with Crippen LogP contribution in [0.2, 0.25) is 5.02 Å². The first-order chi connectivity index (χ1) is 8.06. The summed E-state index contributed by atoms with van der Waals surface area (Å²) in [5.74, 6) is 0.888. The molecule has 94 valence electrons. The van der Waals surface area contributed by atoms with Crippen LogP contribution in [0.3, 0.4) is 0 Å². The molecular formula is C14H21ClN2. The zero-order valence-corrected chi connectivity index (χ0v) is 11.4. The fraction of sp³-hybridized carbons (Fsp3) is 0.571. The van der Waals surface area contributed by atoms with E-state index in [0.717, 1.165) is 23.9 Å². The summed E-state index contributed by atoms with van der Waals surface area (Å²) >= 11 is 6.06. The molecule has 0 heterocycles. The van der Waals surface area contributed by atoms with E-state index >= 15 is 0 Å². The Hall–Kier alpha value is -0.730. The van der Waals surface area contributed by atoms with Crippen LogP contribution in [0, 0.1) is 5.92 Å². The number of rotatable bonds is 5. The highest BCUT2D eigenvalue weighted by Crippen LogP contribution is 2.32. The number of hydrogen-bond donors (Lipinski definition) is 1. The van der Waals surface area contributed by atoms with Crippen LogP contribution in [0.25, 0.3) is 0 Å². The van der Waals surface area contributed by atoms with Crippen molar-refractivity contribution in [2.24, 2.45) is 11.7 Å². The van der Waals surface area contributed by atoms with Crippen LogP contribution in [0.5, 0.6) is 0 Å². The molecule has 1 aromatic rings. The van der Waals surface area contributed by atoms with Gasteiger partial charge in [-0.15, -0.1) is 0 Å². The normalized spacial score (nSPS) is 16.9. The Kier molecular flexibility index (Phi) is 3.95. The topological polar surface area (TPSA) is 29.3 Å². The molecule has 1 fully saturated rings. The number of anilines is 1. The molecule has 2 rings (SSSR count). The van der Waals surface area contributed by atoms with Crippen molar-refractivity contribution in [1.29, 1.82) is 0 Å². The number of nitrogens with two attached hydrogens (primary N) is 1. The van der Waals surface area contributed by atoms with E-state index in [4.69, 9.17) is 17.3 Å². The second-order valence-corrected chi connectivity index (χ2v) is 5.71. The van der Waals surface area contributed by atoms with Crippen LogP contribution >= 0.6 is 11.6 Å². The van der Waals surface area contributed by atoms with Gasteiger partial charge in [-0.3, -0.25) is 0 Å². The second kappa shape index (κ2) is 5.28. The van der Waals surface area contributed by atoms with Gasteiger partial charge in [0.05, 0.1) is 0 Å². The highest BCUT2D eigenvalue weighted by atomic mass is 35.5. The van der Waals surface area contributed by atoms with Crippen molar-refractivity contribution < 1.29 is 0 Å². The average molecular weight is 253 g/mol. The van der Waals surface area contributed by atoms with E-state index in [1.54, 1.807) is 0 Å². The monoisotopic (exact) mass is 252 g/mol. The summed E-state index contributed by atoms with van der Waals surface area (Å²) in [6.07, 6.45) is 3.63. The summed E-state index contributed by atoms with van der Waals surface area (Å²) in [6, 6.07) is 6.29. The number of nitrogens with zero attached hydrogens (tertiary/aromatic N) is 1. The van der Waals surface area contributed by atoms with Crippen LogP contribution in [0.4, 0.5) is 5.69 Å². The van der Waals surface area contributed by atoms with Gasteiger partial charge in [0.1, 0.15) is 0 Å². The zero-order chi connectivity index (χ0) is 12.4. The van der Waals surface area contributed by atoms with Crippen molar-refractivity contribution >= 4 is 17.3 Å². The lowest BCUT2D eigenvalue weighted by atomic mass is 10.0. The molecule has 1 unspecified atom stereocenters. The predicted octanol–water partition coefficient (Wildman–Crippen LogP) is 3.08. The highest BCUT2D eigenvalue weighted by Gasteiger charge is 2.23. The smallest absolute Gasteiger partial charge is 0.0410 e. The van der Waals surface area contributed by atoms with Gasteiger partial charge in [-0.2, -0.15) is 0 Å². The Morgan fingerprint density at radius 2 is 2.18 bits per heavy atom. The number of hydrogen-bond acceptors (Lipinski definition) is 2. The summed E-state index contributed by atoms with van der Waals surface area (Å²) in [5.41, 5.74) is 8.43. The van der Waals surface area contributed by atoms with E-state index < -0.39 is 0 Å². The van der Waals surface area contributed by atoms with Gasteiger partial charge in [0.15, 0.2) is 0 Å². The molecule has 0 bridgehead atoms. The van der Waals surface area contributed by atoms with E-state index in [2.05, 4.69) is 18.0 Å². The molecule has 3 heteroatoms. The van der Waals surface area contributed by atoms with Crippen molar-refractivity contribution in [3.8, 4) is 0 Å². The largest absolute Gasteiger partial charge is 0.374 e. The lowest BCUT2D eigenvalue weighted by molar-refractivity contribution is 0.728. The van der Waals surface area contributed by atoms with Crippen LogP contribution in [0.1, 0.15) is 25.3 Å². The molecule has 1 atom stereocenters. The van der Waals surface area contributed by atoms with E-state index in [-0.39, 0.29) is 6.04 Å². The van der Waals surface area contributed by atoms with Crippen molar-refractivity contribution in [3.05, 3.63) is 28.8 Å². The van der Waals surface area contributed by atoms with Gasteiger partial charge in [-0.25, -0.2) is 0 Å². The molecule has 0 spiro atoms. The minimum absolute atomic E-state index is 0.168. The van der Waals surface area contributed by atoms with Gasteiger partial charge < -0.3 is 10.6 Å². The van der Waals surface area contributed by atoms with Crippen molar-refractivity contribution in [1.82, 2.24) is 0 Å². The molecule has 1 aliphatic carbocycles. The maximum atomic E-state index is 6.06. The third-order valence-corrected chi connectivity index (χ3v) is 3.46. The number of benzene rings is 1. The molecule has 1 aromatic carbocycles. The van der Waals surface area contributed by atoms with E-state index in [1.807, 2.05) is 19.1 Å². The highest BCUT2D eigenvalue weighted by molar-refractivity contribution is 6.30. The first-order valence-electron chi connectivity index (χ1n) is 6.31. The second-order valence-electron chi connectivity index (χ2n) is 5.28. The van der Waals surface area contributed by atoms with Crippen molar-refractivity contribution in [2.75, 3.05) is 18.5 Å². The average Bonchev–Trinajstić information content (AvgIpc) is 3.00. The fourth-order valence-corrected chi connectivity index (χ4v) is 2.42. The Bertz CT molecular complexity index is 386. The minimum Gasteiger partial charge on any atom is -0.374 e. The fourth-order valence-electron chi connectivity index (χ4n) is 2.22. The third-order valence-electron chi connectivity index (χ3n) is 3.22. The molecule has 0 radical (unpaired) electrons. The first-order valence-corrected chi connectivity index (χ1v) is 6.69. The lowest BCUT2D eigenvalue weighted by Crippen LogP contribution is -2.24. The molecule has 2 N–H and O–H groups in total. The molecule has 17 heavy (non-hydrogen) atoms. The summed E-state index contributed by atoms with van der Waals surface area (Å²) in [7, 11) is 2.16. The van der Waals surface area contributed by atoms with E-state index in [1.165, 1.54) is 24.1 Å². The van der Waals surface area contributed by atoms with Crippen LogP contribution in [0.15, 0.2) is 18.2 Å². The van der Waals surface area contributed by atoms with Gasteiger partial charge >= 0.3 is 0 Å². The maximum absolute atomic E-state index is 6.06. The Morgan fingerprint density at radius 3 is 2.76 bits per heavy atom. The Labute approximate surface area is 109 Å². The summed E-state index contributed by atoms with van der Waals surface area (Å²) in [6.45, 7) is 3.18. The van der Waals surface area contributed by atoms with E-state index in [0.29, 0.717) is 0 Å². The van der Waals surface area contributed by atoms with Crippen LogP contribution in [-0.4, -0.2) is 19.6 Å². The van der Waals surface area contributed by atoms with Crippen LogP contribution in [-0.2, 0) is 6.42 Å². The third kappa shape index (κ3) is 3.62. The molecule has 1 aliphatic rings. The molecule has 1 saturated carbocycles. The Morgan fingerprint density at radius 1 is 1.47 bits per heavy atom. The van der Waals surface area contributed by atoms with Gasteiger partial charge in [0.25, 0.3) is 0 Å². The van der Waals surface area contributed by atoms with E-state index in [9.17, 15) is 0 Å². The zero-order valence-electron chi connectivity index (χ0n) is 10.6. The SMILES string of the molecule is CC(N)Cc1cc(Cl)ccc1N(C)CC1CC1. The maximum Gasteiger partial charge on any atom is 0.0410 e. The molecule has 0 saturated heterocycles.